The molecule has 0 unspecified atom stereocenters. The zero-order valence-corrected chi connectivity index (χ0v) is 18.0. The van der Waals surface area contributed by atoms with Crippen LogP contribution in [0.3, 0.4) is 0 Å². The molecule has 10 heteroatoms. The summed E-state index contributed by atoms with van der Waals surface area (Å²) >= 11 is 0. The Kier molecular flexibility index (Phi) is 8.00. The highest BCUT2D eigenvalue weighted by molar-refractivity contribution is 6.05. The highest BCUT2D eigenvalue weighted by atomic mass is 16.6. The second kappa shape index (κ2) is 10.5. The number of nitrogens with one attached hydrogen (secondary N) is 1. The lowest BCUT2D eigenvalue weighted by Gasteiger charge is -2.28. The van der Waals surface area contributed by atoms with E-state index in [1.807, 2.05) is 0 Å². The van der Waals surface area contributed by atoms with Gasteiger partial charge in [0.2, 0.25) is 5.76 Å². The molecule has 0 bridgehead atoms. The van der Waals surface area contributed by atoms with Crippen LogP contribution in [0.25, 0.3) is 0 Å². The Morgan fingerprint density at radius 1 is 0.903 bits per heavy atom. The molecule has 0 atom stereocenters. The Balaban J connectivity index is 2.34. The van der Waals surface area contributed by atoms with Gasteiger partial charge < -0.3 is 28.7 Å². The van der Waals surface area contributed by atoms with Gasteiger partial charge in [-0.3, -0.25) is 4.79 Å². The first kappa shape index (κ1) is 23.7. The molecule has 1 aromatic rings. The Hall–Kier alpha value is -3.56. The number of dihydropyridines is 1. The topological polar surface area (TPSA) is 130 Å². The van der Waals surface area contributed by atoms with Crippen molar-refractivity contribution < 1.29 is 42.5 Å². The van der Waals surface area contributed by atoms with Crippen LogP contribution in [0.15, 0.2) is 39.1 Å². The van der Waals surface area contributed by atoms with Gasteiger partial charge in [-0.05, 0) is 39.8 Å². The quantitative estimate of drug-likeness (QED) is 0.478. The average Bonchev–Trinajstić information content (AvgIpc) is 3.20. The number of allylic oxidation sites excluding steroid dienone is 2. The molecule has 168 valence electrons. The van der Waals surface area contributed by atoms with Gasteiger partial charge in [0.1, 0.15) is 18.3 Å². The lowest BCUT2D eigenvalue weighted by atomic mass is 9.85. The first-order valence-electron chi connectivity index (χ1n) is 9.61. The van der Waals surface area contributed by atoms with Crippen molar-refractivity contribution in [2.24, 2.45) is 5.92 Å². The molecule has 10 nitrogen and oxygen atoms in total. The van der Waals surface area contributed by atoms with E-state index in [1.165, 1.54) is 19.2 Å². The molecule has 0 saturated heterocycles. The number of methoxy groups -OCH3 is 1. The minimum atomic E-state index is -1.35. The SMILES string of the molecule is CCOC(=O)C1=C(C)NC(C)=C(C(=O)OCC)C1C(=O)OCc1ccc(C(=O)OC)o1. The Bertz CT molecular complexity index is 898. The van der Waals surface area contributed by atoms with Gasteiger partial charge in [0.05, 0.1) is 31.5 Å². The normalized spacial score (nSPS) is 14.1. The lowest BCUT2D eigenvalue weighted by Crippen LogP contribution is -2.38. The summed E-state index contributed by atoms with van der Waals surface area (Å²) in [4.78, 5) is 49.7. The molecule has 31 heavy (non-hydrogen) atoms. The van der Waals surface area contributed by atoms with E-state index in [9.17, 15) is 19.2 Å². The third kappa shape index (κ3) is 5.33. The third-order valence-corrected chi connectivity index (χ3v) is 4.39. The molecule has 2 heterocycles. The summed E-state index contributed by atoms with van der Waals surface area (Å²) in [5, 5.41) is 2.92. The van der Waals surface area contributed by atoms with Crippen LogP contribution in [0.5, 0.6) is 0 Å². The van der Waals surface area contributed by atoms with Crippen LogP contribution in [0.1, 0.15) is 44.0 Å². The molecule has 0 aromatic carbocycles. The monoisotopic (exact) mass is 435 g/mol. The van der Waals surface area contributed by atoms with E-state index in [0.717, 1.165) is 0 Å². The largest absolute Gasteiger partial charge is 0.463 e. The first-order chi connectivity index (χ1) is 14.7. The molecule has 0 radical (unpaired) electrons. The highest BCUT2D eigenvalue weighted by Crippen LogP contribution is 2.33. The number of rotatable bonds is 8. The maximum absolute atomic E-state index is 13.0. The average molecular weight is 435 g/mol. The fourth-order valence-corrected chi connectivity index (χ4v) is 3.08. The fraction of sp³-hybridized carbons (Fsp3) is 0.429. The summed E-state index contributed by atoms with van der Waals surface area (Å²) in [7, 11) is 1.21. The Morgan fingerprint density at radius 3 is 1.94 bits per heavy atom. The molecule has 0 amide bonds. The number of esters is 4. The molecule has 1 aliphatic rings. The van der Waals surface area contributed by atoms with Crippen LogP contribution in [-0.4, -0.2) is 44.2 Å². The lowest BCUT2D eigenvalue weighted by molar-refractivity contribution is -0.153. The Morgan fingerprint density at radius 2 is 1.45 bits per heavy atom. The van der Waals surface area contributed by atoms with Crippen LogP contribution in [0.4, 0.5) is 0 Å². The van der Waals surface area contributed by atoms with Crippen molar-refractivity contribution in [2.75, 3.05) is 20.3 Å². The summed E-state index contributed by atoms with van der Waals surface area (Å²) in [6, 6.07) is 2.82. The van der Waals surface area contributed by atoms with E-state index in [0.29, 0.717) is 11.4 Å². The molecule has 0 spiro atoms. The summed E-state index contributed by atoms with van der Waals surface area (Å²) in [6.07, 6.45) is 0. The van der Waals surface area contributed by atoms with E-state index < -0.39 is 29.8 Å². The van der Waals surface area contributed by atoms with Crippen molar-refractivity contribution in [3.63, 3.8) is 0 Å². The summed E-state index contributed by atoms with van der Waals surface area (Å²) < 4.78 is 25.3. The van der Waals surface area contributed by atoms with E-state index in [2.05, 4.69) is 10.1 Å². The van der Waals surface area contributed by atoms with Gasteiger partial charge in [0.25, 0.3) is 0 Å². The van der Waals surface area contributed by atoms with Gasteiger partial charge in [-0.15, -0.1) is 0 Å². The number of furan rings is 1. The van der Waals surface area contributed by atoms with E-state index in [-0.39, 0.29) is 42.5 Å². The van der Waals surface area contributed by atoms with Crippen LogP contribution in [-0.2, 0) is 39.9 Å². The van der Waals surface area contributed by atoms with Gasteiger partial charge in [-0.2, -0.15) is 0 Å². The summed E-state index contributed by atoms with van der Waals surface area (Å²) in [5.74, 6) is -4.29. The van der Waals surface area contributed by atoms with E-state index in [1.54, 1.807) is 27.7 Å². The van der Waals surface area contributed by atoms with Gasteiger partial charge in [-0.25, -0.2) is 14.4 Å². The predicted octanol–water partition coefficient (Wildman–Crippen LogP) is 2.00. The summed E-state index contributed by atoms with van der Waals surface area (Å²) in [6.45, 7) is 6.26. The maximum Gasteiger partial charge on any atom is 0.373 e. The van der Waals surface area contributed by atoms with Crippen molar-refractivity contribution in [2.45, 2.75) is 34.3 Å². The zero-order valence-electron chi connectivity index (χ0n) is 18.0. The van der Waals surface area contributed by atoms with Crippen molar-refractivity contribution in [3.05, 3.63) is 46.2 Å². The molecule has 0 saturated carbocycles. The number of ether oxygens (including phenoxy) is 4. The molecule has 0 fully saturated rings. The van der Waals surface area contributed by atoms with Crippen molar-refractivity contribution in [1.29, 1.82) is 0 Å². The first-order valence-corrected chi connectivity index (χ1v) is 9.61. The number of carbonyl (C=O) groups is 4. The van der Waals surface area contributed by atoms with Gasteiger partial charge in [0, 0.05) is 11.4 Å². The number of hydrogen-bond acceptors (Lipinski definition) is 10. The predicted molar refractivity (Wildman–Crippen MR) is 105 cm³/mol. The van der Waals surface area contributed by atoms with Crippen LogP contribution >= 0.6 is 0 Å². The van der Waals surface area contributed by atoms with E-state index >= 15 is 0 Å². The second-order valence-corrected chi connectivity index (χ2v) is 6.44. The molecule has 1 aliphatic heterocycles. The maximum atomic E-state index is 13.0. The second-order valence-electron chi connectivity index (χ2n) is 6.44. The molecule has 0 aliphatic carbocycles. The number of hydrogen-bond donors (Lipinski definition) is 1. The van der Waals surface area contributed by atoms with E-state index in [4.69, 9.17) is 18.6 Å². The fourth-order valence-electron chi connectivity index (χ4n) is 3.08. The van der Waals surface area contributed by atoms with Gasteiger partial charge >= 0.3 is 23.9 Å². The molecule has 1 N–H and O–H groups in total. The minimum absolute atomic E-state index is 0.0461. The molecule has 1 aromatic heterocycles. The molecule has 2 rings (SSSR count). The standard InChI is InChI=1S/C21H25NO9/c1-6-28-19(24)15-11(3)22-12(4)16(20(25)29-7-2)17(15)21(26)30-10-13-8-9-14(31-13)18(23)27-5/h8-9,17,22H,6-7,10H2,1-5H3. The van der Waals surface area contributed by atoms with Crippen LogP contribution < -0.4 is 5.32 Å². The van der Waals surface area contributed by atoms with Gasteiger partial charge in [-0.1, -0.05) is 0 Å². The smallest absolute Gasteiger partial charge is 0.373 e. The third-order valence-electron chi connectivity index (χ3n) is 4.39. The van der Waals surface area contributed by atoms with Crippen molar-refractivity contribution in [1.82, 2.24) is 5.32 Å². The van der Waals surface area contributed by atoms with Crippen molar-refractivity contribution >= 4 is 23.9 Å². The zero-order chi connectivity index (χ0) is 23.1. The molecular formula is C21H25NO9. The summed E-state index contributed by atoms with van der Waals surface area (Å²) in [5.41, 5.74) is 0.624. The number of carbonyl (C=O) groups excluding carboxylic acids is 4. The highest BCUT2D eigenvalue weighted by Gasteiger charge is 2.42. The van der Waals surface area contributed by atoms with Crippen molar-refractivity contribution in [3.8, 4) is 0 Å². The molecular weight excluding hydrogens is 410 g/mol. The van der Waals surface area contributed by atoms with Gasteiger partial charge in [0.15, 0.2) is 0 Å². The van der Waals surface area contributed by atoms with Crippen LogP contribution in [0.2, 0.25) is 0 Å². The Labute approximate surface area is 179 Å². The van der Waals surface area contributed by atoms with Crippen LogP contribution in [0, 0.1) is 5.92 Å². The minimum Gasteiger partial charge on any atom is -0.463 e.